The molecule has 0 heterocycles. The van der Waals surface area contributed by atoms with Crippen molar-refractivity contribution in [3.8, 4) is 11.5 Å². The van der Waals surface area contributed by atoms with Crippen LogP contribution in [0.2, 0.25) is 0 Å². The molecule has 0 saturated heterocycles. The van der Waals surface area contributed by atoms with Crippen molar-refractivity contribution >= 4 is 0 Å². The molecule has 0 unspecified atom stereocenters. The van der Waals surface area contributed by atoms with E-state index in [2.05, 4.69) is 6.07 Å². The lowest BCUT2D eigenvalue weighted by atomic mass is 10.3. The molecule has 1 radical (unpaired) electrons. The Hall–Kier alpha value is -1.83. The predicted octanol–water partition coefficient (Wildman–Crippen LogP) is 3.42. The van der Waals surface area contributed by atoms with Crippen molar-refractivity contribution in [1.29, 1.82) is 0 Å². The Balaban J connectivity index is 2.19. The van der Waals surface area contributed by atoms with Gasteiger partial charge in [-0.2, -0.15) is 0 Å². The van der Waals surface area contributed by atoms with Gasteiger partial charge in [-0.1, -0.05) is 18.2 Å². The summed E-state index contributed by atoms with van der Waals surface area (Å²) in [6.45, 7) is 0. The maximum absolute atomic E-state index is 12.8. The molecule has 0 fully saturated rings. The summed E-state index contributed by atoms with van der Waals surface area (Å²) in [4.78, 5) is 0. The van der Waals surface area contributed by atoms with Crippen LogP contribution in [0, 0.1) is 11.9 Å². The second-order valence-corrected chi connectivity index (χ2v) is 2.80. The van der Waals surface area contributed by atoms with Gasteiger partial charge in [-0.25, -0.2) is 4.39 Å². The van der Waals surface area contributed by atoms with Gasteiger partial charge in [0.25, 0.3) is 0 Å². The Morgan fingerprint density at radius 1 is 1.00 bits per heavy atom. The van der Waals surface area contributed by atoms with E-state index in [1.807, 2.05) is 0 Å². The van der Waals surface area contributed by atoms with Crippen molar-refractivity contribution in [3.63, 3.8) is 0 Å². The summed E-state index contributed by atoms with van der Waals surface area (Å²) in [7, 11) is 0. The quantitative estimate of drug-likeness (QED) is 0.700. The van der Waals surface area contributed by atoms with Crippen LogP contribution in [0.15, 0.2) is 48.5 Å². The van der Waals surface area contributed by atoms with E-state index in [1.165, 1.54) is 12.1 Å². The summed E-state index contributed by atoms with van der Waals surface area (Å²) in [5, 5.41) is 0. The molecule has 0 aliphatic heterocycles. The Bertz CT molecular complexity index is 412. The second kappa shape index (κ2) is 3.92. The number of halogens is 1. The van der Waals surface area contributed by atoms with E-state index in [1.54, 1.807) is 36.4 Å². The summed E-state index contributed by atoms with van der Waals surface area (Å²) in [5.41, 5.74) is 0. The van der Waals surface area contributed by atoms with Crippen LogP contribution in [-0.4, -0.2) is 0 Å². The van der Waals surface area contributed by atoms with Crippen LogP contribution in [0.5, 0.6) is 11.5 Å². The van der Waals surface area contributed by atoms with Gasteiger partial charge in [0.1, 0.15) is 17.3 Å². The molecule has 0 N–H and O–H groups in total. The first-order valence-electron chi connectivity index (χ1n) is 4.24. The van der Waals surface area contributed by atoms with Crippen molar-refractivity contribution in [1.82, 2.24) is 0 Å². The molecule has 0 bridgehead atoms. The summed E-state index contributed by atoms with van der Waals surface area (Å²) < 4.78 is 18.2. The molecule has 2 aromatic carbocycles. The van der Waals surface area contributed by atoms with E-state index in [9.17, 15) is 4.39 Å². The molecule has 0 aliphatic carbocycles. The van der Waals surface area contributed by atoms with Crippen molar-refractivity contribution in [3.05, 3.63) is 60.4 Å². The summed E-state index contributed by atoms with van der Waals surface area (Å²) >= 11 is 0. The topological polar surface area (TPSA) is 9.23 Å². The van der Waals surface area contributed by atoms with Crippen molar-refractivity contribution in [2.24, 2.45) is 0 Å². The zero-order chi connectivity index (χ0) is 9.80. The van der Waals surface area contributed by atoms with Crippen molar-refractivity contribution in [2.45, 2.75) is 0 Å². The molecule has 2 aromatic rings. The Morgan fingerprint density at radius 3 is 2.50 bits per heavy atom. The van der Waals surface area contributed by atoms with E-state index in [-0.39, 0.29) is 5.82 Å². The highest BCUT2D eigenvalue weighted by atomic mass is 19.1. The van der Waals surface area contributed by atoms with Crippen molar-refractivity contribution in [2.75, 3.05) is 0 Å². The van der Waals surface area contributed by atoms with E-state index in [4.69, 9.17) is 4.74 Å². The Morgan fingerprint density at radius 2 is 1.79 bits per heavy atom. The molecule has 0 spiro atoms. The first kappa shape index (κ1) is 8.75. The van der Waals surface area contributed by atoms with Crippen LogP contribution in [0.3, 0.4) is 0 Å². The molecular weight excluding hydrogens is 179 g/mol. The maximum Gasteiger partial charge on any atom is 0.130 e. The van der Waals surface area contributed by atoms with Crippen LogP contribution in [0.1, 0.15) is 0 Å². The standard InChI is InChI=1S/C12H8FO/c13-10-5-4-8-12(9-10)14-11-6-2-1-3-7-11/h2-9H. The molecule has 0 atom stereocenters. The van der Waals surface area contributed by atoms with E-state index in [0.717, 1.165) is 0 Å². The summed E-state index contributed by atoms with van der Waals surface area (Å²) in [6, 6.07) is 15.9. The molecule has 1 nitrogen and oxygen atoms in total. The largest absolute Gasteiger partial charge is 0.457 e. The van der Waals surface area contributed by atoms with Crippen LogP contribution in [0.4, 0.5) is 4.39 Å². The van der Waals surface area contributed by atoms with Gasteiger partial charge in [-0.15, -0.1) is 0 Å². The predicted molar refractivity (Wildman–Crippen MR) is 51.8 cm³/mol. The molecule has 0 aromatic heterocycles. The number of hydrogen-bond acceptors (Lipinski definition) is 1. The van der Waals surface area contributed by atoms with Gasteiger partial charge >= 0.3 is 0 Å². The fraction of sp³-hybridized carbons (Fsp3) is 0. The lowest BCUT2D eigenvalue weighted by molar-refractivity contribution is 0.477. The van der Waals surface area contributed by atoms with Crippen LogP contribution in [0.25, 0.3) is 0 Å². The van der Waals surface area contributed by atoms with Gasteiger partial charge in [-0.3, -0.25) is 0 Å². The third kappa shape index (κ3) is 2.10. The number of ether oxygens (including phenoxy) is 1. The molecule has 2 rings (SSSR count). The van der Waals surface area contributed by atoms with Gasteiger partial charge in [0, 0.05) is 6.07 Å². The highest BCUT2D eigenvalue weighted by Crippen LogP contribution is 2.20. The van der Waals surface area contributed by atoms with Gasteiger partial charge in [0.15, 0.2) is 0 Å². The molecular formula is C12H8FO. The first-order chi connectivity index (χ1) is 6.84. The van der Waals surface area contributed by atoms with Crippen LogP contribution in [-0.2, 0) is 0 Å². The summed E-state index contributed by atoms with van der Waals surface area (Å²) in [5.74, 6) is 0.871. The minimum atomic E-state index is -0.301. The second-order valence-electron chi connectivity index (χ2n) is 2.80. The van der Waals surface area contributed by atoms with Gasteiger partial charge in [0.05, 0.1) is 0 Å². The highest BCUT2D eigenvalue weighted by molar-refractivity contribution is 5.30. The molecule has 0 amide bonds. The minimum absolute atomic E-state index is 0.301. The highest BCUT2D eigenvalue weighted by Gasteiger charge is 1.96. The monoisotopic (exact) mass is 187 g/mol. The number of hydrogen-bond donors (Lipinski definition) is 0. The van der Waals surface area contributed by atoms with E-state index in [0.29, 0.717) is 11.5 Å². The van der Waals surface area contributed by atoms with Gasteiger partial charge in [0.2, 0.25) is 0 Å². The van der Waals surface area contributed by atoms with Crippen LogP contribution < -0.4 is 4.74 Å². The third-order valence-electron chi connectivity index (χ3n) is 1.72. The molecule has 0 saturated carbocycles. The fourth-order valence-corrected chi connectivity index (χ4v) is 1.11. The zero-order valence-electron chi connectivity index (χ0n) is 7.41. The minimum Gasteiger partial charge on any atom is -0.457 e. The van der Waals surface area contributed by atoms with E-state index < -0.39 is 0 Å². The lowest BCUT2D eigenvalue weighted by Gasteiger charge is -2.04. The average molecular weight is 187 g/mol. The average Bonchev–Trinajstić information content (AvgIpc) is 2.19. The fourth-order valence-electron chi connectivity index (χ4n) is 1.11. The maximum atomic E-state index is 12.8. The Labute approximate surface area is 81.8 Å². The Kier molecular flexibility index (Phi) is 2.45. The van der Waals surface area contributed by atoms with Gasteiger partial charge in [-0.05, 0) is 30.3 Å². The molecule has 0 aliphatic rings. The lowest BCUT2D eigenvalue weighted by Crippen LogP contribution is -1.83. The van der Waals surface area contributed by atoms with Crippen molar-refractivity contribution < 1.29 is 9.13 Å². The molecule has 14 heavy (non-hydrogen) atoms. The third-order valence-corrected chi connectivity index (χ3v) is 1.72. The van der Waals surface area contributed by atoms with Crippen LogP contribution >= 0.6 is 0 Å². The van der Waals surface area contributed by atoms with Gasteiger partial charge < -0.3 is 4.74 Å². The molecule has 69 valence electrons. The van der Waals surface area contributed by atoms with E-state index >= 15 is 0 Å². The smallest absolute Gasteiger partial charge is 0.130 e. The zero-order valence-corrected chi connectivity index (χ0v) is 7.41. The number of rotatable bonds is 2. The number of benzene rings is 2. The SMILES string of the molecule is Fc1cccc(Oc2cc[c]cc2)c1. The summed E-state index contributed by atoms with van der Waals surface area (Å²) in [6.07, 6.45) is 0. The normalized spacial score (nSPS) is 9.79. The molecule has 2 heteroatoms. The first-order valence-corrected chi connectivity index (χ1v) is 4.24.